The van der Waals surface area contributed by atoms with Gasteiger partial charge in [-0.3, -0.25) is 9.69 Å². The molecule has 33 heavy (non-hydrogen) atoms. The van der Waals surface area contributed by atoms with Gasteiger partial charge in [0.1, 0.15) is 0 Å². The van der Waals surface area contributed by atoms with E-state index in [9.17, 15) is 4.79 Å². The normalized spacial score (nSPS) is 12.1. The Balaban J connectivity index is 2.17. The fraction of sp³-hybridized carbons (Fsp3) is 0.615. The van der Waals surface area contributed by atoms with Crippen molar-refractivity contribution in [3.05, 3.63) is 46.5 Å². The predicted molar refractivity (Wildman–Crippen MR) is 139 cm³/mol. The van der Waals surface area contributed by atoms with Crippen LogP contribution in [-0.2, 0) is 16.7 Å². The molecule has 1 heterocycles. The van der Waals surface area contributed by atoms with Crippen molar-refractivity contribution in [2.45, 2.75) is 72.5 Å². The van der Waals surface area contributed by atoms with Gasteiger partial charge in [0, 0.05) is 61.7 Å². The van der Waals surface area contributed by atoms with Gasteiger partial charge in [0.05, 0.1) is 12.3 Å². The molecule has 0 bridgehead atoms. The SMILES string of the molecule is COCCNC(=O)c1ccc(CN(CCN(C(C)C)C(C)C)c2nc(C(C)(C)C)cs2)cc1. The molecule has 0 spiro atoms. The molecule has 0 radical (unpaired) electrons. The molecule has 0 unspecified atom stereocenters. The fourth-order valence-corrected chi connectivity index (χ4v) is 4.78. The minimum absolute atomic E-state index is 0.0279. The van der Waals surface area contributed by atoms with Crippen molar-refractivity contribution < 1.29 is 9.53 Å². The number of hydrogen-bond acceptors (Lipinski definition) is 6. The Morgan fingerprint density at radius 3 is 2.24 bits per heavy atom. The highest BCUT2D eigenvalue weighted by molar-refractivity contribution is 7.13. The second kappa shape index (κ2) is 12.5. The topological polar surface area (TPSA) is 57.7 Å². The van der Waals surface area contributed by atoms with Crippen LogP contribution in [-0.4, -0.2) is 61.2 Å². The third kappa shape index (κ3) is 8.40. The summed E-state index contributed by atoms with van der Waals surface area (Å²) in [5.74, 6) is -0.0743. The van der Waals surface area contributed by atoms with Gasteiger partial charge in [-0.25, -0.2) is 4.98 Å². The van der Waals surface area contributed by atoms with Crippen LogP contribution in [0.5, 0.6) is 0 Å². The zero-order chi connectivity index (χ0) is 24.6. The number of carbonyl (C=O) groups is 1. The average molecular weight is 475 g/mol. The lowest BCUT2D eigenvalue weighted by Gasteiger charge is -2.33. The fourth-order valence-electron chi connectivity index (χ4n) is 3.70. The van der Waals surface area contributed by atoms with Gasteiger partial charge in [-0.05, 0) is 45.4 Å². The van der Waals surface area contributed by atoms with E-state index in [0.717, 1.165) is 36.0 Å². The van der Waals surface area contributed by atoms with Crippen LogP contribution >= 0.6 is 11.3 Å². The molecular weight excluding hydrogens is 432 g/mol. The summed E-state index contributed by atoms with van der Waals surface area (Å²) >= 11 is 1.71. The number of nitrogens with one attached hydrogen (secondary N) is 1. The summed E-state index contributed by atoms with van der Waals surface area (Å²) in [4.78, 5) is 22.1. The van der Waals surface area contributed by atoms with E-state index >= 15 is 0 Å². The minimum atomic E-state index is -0.0743. The molecule has 184 valence electrons. The molecule has 0 aliphatic rings. The number of rotatable bonds is 12. The van der Waals surface area contributed by atoms with Gasteiger partial charge in [0.25, 0.3) is 5.91 Å². The minimum Gasteiger partial charge on any atom is -0.383 e. The maximum Gasteiger partial charge on any atom is 0.251 e. The van der Waals surface area contributed by atoms with E-state index in [1.807, 2.05) is 24.3 Å². The number of anilines is 1. The number of benzene rings is 1. The van der Waals surface area contributed by atoms with Gasteiger partial charge in [-0.1, -0.05) is 32.9 Å². The Bertz CT molecular complexity index is 848. The van der Waals surface area contributed by atoms with Gasteiger partial charge >= 0.3 is 0 Å². The third-order valence-corrected chi connectivity index (χ3v) is 6.57. The summed E-state index contributed by atoms with van der Waals surface area (Å²) in [5.41, 5.74) is 2.98. The van der Waals surface area contributed by atoms with Crippen molar-refractivity contribution >= 4 is 22.4 Å². The standard InChI is InChI=1S/C26H42N4O2S/c1-19(2)30(20(3)4)15-14-29(25-28-23(18-33-25)26(5,6)7)17-21-9-11-22(12-10-21)24(31)27-13-16-32-8/h9-12,18-20H,13-17H2,1-8H3,(H,27,31). The molecule has 0 saturated carbocycles. The molecule has 6 nitrogen and oxygen atoms in total. The lowest BCUT2D eigenvalue weighted by Crippen LogP contribution is -2.42. The van der Waals surface area contributed by atoms with Crippen LogP contribution in [0.25, 0.3) is 0 Å². The molecule has 2 aromatic rings. The molecule has 0 fully saturated rings. The van der Waals surface area contributed by atoms with E-state index in [1.54, 1.807) is 18.4 Å². The molecule has 0 aliphatic heterocycles. The van der Waals surface area contributed by atoms with E-state index in [-0.39, 0.29) is 11.3 Å². The van der Waals surface area contributed by atoms with Crippen molar-refractivity contribution in [1.29, 1.82) is 0 Å². The average Bonchev–Trinajstić information content (AvgIpc) is 3.24. The van der Waals surface area contributed by atoms with Crippen molar-refractivity contribution in [3.8, 4) is 0 Å². The van der Waals surface area contributed by atoms with E-state index in [2.05, 4.69) is 69.0 Å². The lowest BCUT2D eigenvalue weighted by molar-refractivity contribution is 0.0937. The Labute approximate surface area is 204 Å². The second-order valence-corrected chi connectivity index (χ2v) is 10.9. The van der Waals surface area contributed by atoms with Crippen molar-refractivity contribution in [1.82, 2.24) is 15.2 Å². The van der Waals surface area contributed by atoms with Crippen LogP contribution in [0.1, 0.15) is 70.1 Å². The molecule has 1 aromatic heterocycles. The highest BCUT2D eigenvalue weighted by Crippen LogP contribution is 2.29. The predicted octanol–water partition coefficient (Wildman–Crippen LogP) is 4.94. The van der Waals surface area contributed by atoms with Crippen LogP contribution in [0, 0.1) is 0 Å². The number of nitrogens with zero attached hydrogens (tertiary/aromatic N) is 3. The van der Waals surface area contributed by atoms with E-state index in [0.29, 0.717) is 30.8 Å². The number of ether oxygens (including phenoxy) is 1. The number of carbonyl (C=O) groups excluding carboxylic acids is 1. The van der Waals surface area contributed by atoms with Crippen LogP contribution in [0.3, 0.4) is 0 Å². The molecule has 7 heteroatoms. The van der Waals surface area contributed by atoms with Gasteiger partial charge in [-0.2, -0.15) is 0 Å². The maximum absolute atomic E-state index is 12.3. The van der Waals surface area contributed by atoms with E-state index < -0.39 is 0 Å². The third-order valence-electron chi connectivity index (χ3n) is 5.67. The smallest absolute Gasteiger partial charge is 0.251 e. The number of methoxy groups -OCH3 is 1. The number of thiazole rings is 1. The summed E-state index contributed by atoms with van der Waals surface area (Å²) in [6.45, 7) is 19.2. The van der Waals surface area contributed by atoms with Gasteiger partial charge in [-0.15, -0.1) is 11.3 Å². The summed E-state index contributed by atoms with van der Waals surface area (Å²) in [5, 5.41) is 6.10. The highest BCUT2D eigenvalue weighted by atomic mass is 32.1. The Hall–Kier alpha value is -1.96. The van der Waals surface area contributed by atoms with E-state index in [4.69, 9.17) is 9.72 Å². The molecule has 0 atom stereocenters. The maximum atomic E-state index is 12.3. The number of aromatic nitrogens is 1. The van der Waals surface area contributed by atoms with Crippen molar-refractivity contribution in [2.24, 2.45) is 0 Å². The van der Waals surface area contributed by atoms with Crippen LogP contribution in [0.2, 0.25) is 0 Å². The Kier molecular flexibility index (Phi) is 10.3. The monoisotopic (exact) mass is 474 g/mol. The first-order chi connectivity index (χ1) is 15.5. The first-order valence-electron chi connectivity index (χ1n) is 11.9. The van der Waals surface area contributed by atoms with Crippen LogP contribution in [0.15, 0.2) is 29.6 Å². The van der Waals surface area contributed by atoms with Gasteiger partial charge < -0.3 is 15.0 Å². The molecular formula is C26H42N4O2S. The number of hydrogen-bond donors (Lipinski definition) is 1. The van der Waals surface area contributed by atoms with Crippen molar-refractivity contribution in [3.63, 3.8) is 0 Å². The largest absolute Gasteiger partial charge is 0.383 e. The first kappa shape index (κ1) is 27.3. The summed E-state index contributed by atoms with van der Waals surface area (Å²) in [7, 11) is 1.63. The second-order valence-electron chi connectivity index (χ2n) is 10.1. The highest BCUT2D eigenvalue weighted by Gasteiger charge is 2.21. The summed E-state index contributed by atoms with van der Waals surface area (Å²) in [6.07, 6.45) is 0. The lowest BCUT2D eigenvalue weighted by atomic mass is 9.93. The summed E-state index contributed by atoms with van der Waals surface area (Å²) < 4.78 is 5.00. The molecule has 0 aliphatic carbocycles. The molecule has 1 amide bonds. The quantitative estimate of drug-likeness (QED) is 0.442. The molecule has 1 N–H and O–H groups in total. The zero-order valence-electron chi connectivity index (χ0n) is 21.6. The Morgan fingerprint density at radius 2 is 1.73 bits per heavy atom. The van der Waals surface area contributed by atoms with Crippen LogP contribution < -0.4 is 10.2 Å². The van der Waals surface area contributed by atoms with E-state index in [1.165, 1.54) is 0 Å². The first-order valence-corrected chi connectivity index (χ1v) is 12.7. The van der Waals surface area contributed by atoms with Crippen LogP contribution in [0.4, 0.5) is 5.13 Å². The number of amides is 1. The molecule has 2 rings (SSSR count). The summed E-state index contributed by atoms with van der Waals surface area (Å²) in [6, 6.07) is 8.85. The molecule has 1 aromatic carbocycles. The van der Waals surface area contributed by atoms with Gasteiger partial charge in [0.2, 0.25) is 0 Å². The van der Waals surface area contributed by atoms with Crippen molar-refractivity contribution in [2.75, 3.05) is 38.3 Å². The molecule has 0 saturated heterocycles. The zero-order valence-corrected chi connectivity index (χ0v) is 22.5. The Morgan fingerprint density at radius 1 is 1.09 bits per heavy atom. The van der Waals surface area contributed by atoms with Gasteiger partial charge in [0.15, 0.2) is 5.13 Å².